The topological polar surface area (TPSA) is 79.8 Å². The minimum Gasteiger partial charge on any atom is -0.464 e. The molecule has 2 N–H and O–H groups in total. The maximum atomic E-state index is 12.6. The van der Waals surface area contributed by atoms with Gasteiger partial charge in [0, 0.05) is 26.1 Å². The molecule has 1 saturated heterocycles. The van der Waals surface area contributed by atoms with Crippen molar-refractivity contribution in [2.45, 2.75) is 38.6 Å². The molecular formula is C17H25N3O3. The van der Waals surface area contributed by atoms with Crippen LogP contribution in [-0.4, -0.2) is 41.9 Å². The molecule has 1 aromatic heterocycles. The summed E-state index contributed by atoms with van der Waals surface area (Å²) in [4.78, 5) is 27.1. The van der Waals surface area contributed by atoms with Crippen molar-refractivity contribution in [2.75, 3.05) is 20.1 Å². The smallest absolute Gasteiger partial charge is 0.314 e. The number of nitrogens with zero attached hydrogens (tertiary/aromatic N) is 2. The van der Waals surface area contributed by atoms with E-state index in [4.69, 9.17) is 10.2 Å². The van der Waals surface area contributed by atoms with Crippen LogP contribution in [0.2, 0.25) is 0 Å². The first-order valence-corrected chi connectivity index (χ1v) is 8.33. The first kappa shape index (κ1) is 15.9. The number of piperidine rings is 1. The predicted molar refractivity (Wildman–Crippen MR) is 85.6 cm³/mol. The van der Waals surface area contributed by atoms with Crippen LogP contribution in [0.1, 0.15) is 43.6 Å². The van der Waals surface area contributed by atoms with E-state index in [-0.39, 0.29) is 11.8 Å². The van der Waals surface area contributed by atoms with Crippen LogP contribution in [0.15, 0.2) is 16.5 Å². The molecule has 2 heterocycles. The summed E-state index contributed by atoms with van der Waals surface area (Å²) in [6, 6.07) is 3.54. The van der Waals surface area contributed by atoms with Crippen LogP contribution in [0.4, 0.5) is 4.79 Å². The number of nitrogens with two attached hydrogens (primary N) is 1. The van der Waals surface area contributed by atoms with E-state index < -0.39 is 6.03 Å². The fourth-order valence-corrected chi connectivity index (χ4v) is 3.40. The zero-order chi connectivity index (χ0) is 16.6. The predicted octanol–water partition coefficient (Wildman–Crippen LogP) is 2.15. The second kappa shape index (κ2) is 6.26. The minimum atomic E-state index is -0.445. The van der Waals surface area contributed by atoms with Crippen LogP contribution in [0.5, 0.6) is 0 Å². The Kier molecular flexibility index (Phi) is 4.33. The fraction of sp³-hybridized carbons (Fsp3) is 0.647. The van der Waals surface area contributed by atoms with Crippen molar-refractivity contribution in [3.8, 4) is 0 Å². The van der Waals surface area contributed by atoms with Gasteiger partial charge < -0.3 is 20.0 Å². The number of urea groups is 1. The average Bonchev–Trinajstić information content (AvgIpc) is 3.08. The van der Waals surface area contributed by atoms with E-state index in [2.05, 4.69) is 6.92 Å². The van der Waals surface area contributed by atoms with Crippen LogP contribution in [0.3, 0.4) is 0 Å². The minimum absolute atomic E-state index is 0.0497. The number of amides is 3. The molecule has 0 bridgehead atoms. The summed E-state index contributed by atoms with van der Waals surface area (Å²) < 4.78 is 5.87. The molecule has 1 saturated carbocycles. The van der Waals surface area contributed by atoms with Crippen LogP contribution in [0.25, 0.3) is 0 Å². The Bertz CT molecular complexity index is 598. The van der Waals surface area contributed by atoms with Gasteiger partial charge in [0.15, 0.2) is 0 Å². The molecule has 3 rings (SSSR count). The van der Waals surface area contributed by atoms with Gasteiger partial charge in [-0.3, -0.25) is 4.79 Å². The molecule has 0 spiro atoms. The molecule has 1 aliphatic carbocycles. The van der Waals surface area contributed by atoms with Crippen LogP contribution < -0.4 is 5.73 Å². The summed E-state index contributed by atoms with van der Waals surface area (Å²) in [5.74, 6) is 2.99. The van der Waals surface area contributed by atoms with Gasteiger partial charge in [-0.15, -0.1) is 0 Å². The van der Waals surface area contributed by atoms with E-state index in [0.29, 0.717) is 31.5 Å². The summed E-state index contributed by atoms with van der Waals surface area (Å²) >= 11 is 0. The van der Waals surface area contributed by atoms with Gasteiger partial charge in [-0.1, -0.05) is 6.92 Å². The van der Waals surface area contributed by atoms with E-state index in [1.807, 2.05) is 12.1 Å². The SMILES string of the molecule is C[C@@H]1C[C@H]1c1ccc(CN(C)C(=O)[C@H]2CCCN(C(N)=O)C2)o1. The summed E-state index contributed by atoms with van der Waals surface area (Å²) in [5, 5.41) is 0. The van der Waals surface area contributed by atoms with Crippen LogP contribution >= 0.6 is 0 Å². The standard InChI is InChI=1S/C17H25N3O3/c1-11-8-14(11)15-6-5-13(23-15)10-19(2)16(21)12-4-3-7-20(9-12)17(18)22/h5-6,11-12,14H,3-4,7-10H2,1-2H3,(H2,18,22)/t11-,12+,14-/m1/s1. The molecule has 0 unspecified atom stereocenters. The van der Waals surface area contributed by atoms with E-state index in [0.717, 1.165) is 24.4 Å². The van der Waals surface area contributed by atoms with E-state index >= 15 is 0 Å². The molecule has 2 fully saturated rings. The van der Waals surface area contributed by atoms with Crippen molar-refractivity contribution >= 4 is 11.9 Å². The Morgan fingerprint density at radius 2 is 2.17 bits per heavy atom. The summed E-state index contributed by atoms with van der Waals surface area (Å²) in [6.45, 7) is 3.74. The number of hydrogen-bond acceptors (Lipinski definition) is 3. The molecule has 0 aromatic carbocycles. The van der Waals surface area contributed by atoms with Crippen molar-refractivity contribution in [3.05, 3.63) is 23.7 Å². The van der Waals surface area contributed by atoms with Crippen molar-refractivity contribution in [1.29, 1.82) is 0 Å². The quantitative estimate of drug-likeness (QED) is 0.923. The molecular weight excluding hydrogens is 294 g/mol. The second-order valence-electron chi connectivity index (χ2n) is 6.94. The molecule has 126 valence electrons. The molecule has 3 atom stereocenters. The zero-order valence-corrected chi connectivity index (χ0v) is 13.8. The van der Waals surface area contributed by atoms with Crippen molar-refractivity contribution in [1.82, 2.24) is 9.80 Å². The summed E-state index contributed by atoms with van der Waals surface area (Å²) in [6.07, 6.45) is 2.81. The second-order valence-corrected chi connectivity index (χ2v) is 6.94. The molecule has 6 heteroatoms. The van der Waals surface area contributed by atoms with Crippen molar-refractivity contribution in [3.63, 3.8) is 0 Å². The number of hydrogen-bond donors (Lipinski definition) is 1. The van der Waals surface area contributed by atoms with E-state index in [1.54, 1.807) is 16.8 Å². The number of furan rings is 1. The van der Waals surface area contributed by atoms with Crippen LogP contribution in [-0.2, 0) is 11.3 Å². The highest BCUT2D eigenvalue weighted by atomic mass is 16.3. The van der Waals surface area contributed by atoms with Crippen LogP contribution in [0, 0.1) is 11.8 Å². The summed E-state index contributed by atoms with van der Waals surface area (Å²) in [7, 11) is 1.79. The first-order valence-electron chi connectivity index (χ1n) is 8.33. The fourth-order valence-electron chi connectivity index (χ4n) is 3.40. The van der Waals surface area contributed by atoms with Crippen molar-refractivity contribution in [2.24, 2.45) is 17.6 Å². The Labute approximate surface area is 136 Å². The molecule has 1 aliphatic heterocycles. The third-order valence-corrected chi connectivity index (χ3v) is 5.01. The molecule has 23 heavy (non-hydrogen) atoms. The monoisotopic (exact) mass is 319 g/mol. The lowest BCUT2D eigenvalue weighted by Crippen LogP contribution is -2.47. The van der Waals surface area contributed by atoms with Gasteiger partial charge in [-0.2, -0.15) is 0 Å². The average molecular weight is 319 g/mol. The molecule has 3 amide bonds. The van der Waals surface area contributed by atoms with Gasteiger partial charge in [-0.05, 0) is 37.3 Å². The van der Waals surface area contributed by atoms with Gasteiger partial charge >= 0.3 is 6.03 Å². The highest BCUT2D eigenvalue weighted by molar-refractivity contribution is 5.80. The van der Waals surface area contributed by atoms with E-state index in [1.165, 1.54) is 6.42 Å². The van der Waals surface area contributed by atoms with Gasteiger partial charge in [0.05, 0.1) is 12.5 Å². The molecule has 2 aliphatic rings. The lowest BCUT2D eigenvalue weighted by molar-refractivity contribution is -0.136. The van der Waals surface area contributed by atoms with Crippen molar-refractivity contribution < 1.29 is 14.0 Å². The maximum absolute atomic E-state index is 12.6. The lowest BCUT2D eigenvalue weighted by Gasteiger charge is -2.32. The highest BCUT2D eigenvalue weighted by Crippen LogP contribution is 2.47. The Hall–Kier alpha value is -1.98. The van der Waals surface area contributed by atoms with E-state index in [9.17, 15) is 9.59 Å². The molecule has 6 nitrogen and oxygen atoms in total. The number of primary amides is 1. The summed E-state index contributed by atoms with van der Waals surface area (Å²) in [5.41, 5.74) is 5.32. The van der Waals surface area contributed by atoms with Gasteiger partial charge in [0.1, 0.15) is 11.5 Å². The first-order chi connectivity index (χ1) is 11.0. The van der Waals surface area contributed by atoms with Gasteiger partial charge in [-0.25, -0.2) is 4.79 Å². The third-order valence-electron chi connectivity index (χ3n) is 5.01. The molecule has 0 radical (unpaired) electrons. The highest BCUT2D eigenvalue weighted by Gasteiger charge is 2.36. The molecule has 1 aromatic rings. The number of rotatable bonds is 4. The van der Waals surface area contributed by atoms with Gasteiger partial charge in [0.25, 0.3) is 0 Å². The zero-order valence-electron chi connectivity index (χ0n) is 13.8. The van der Waals surface area contributed by atoms with Gasteiger partial charge in [0.2, 0.25) is 5.91 Å². The largest absolute Gasteiger partial charge is 0.464 e. The Morgan fingerprint density at radius 3 is 2.83 bits per heavy atom. The Morgan fingerprint density at radius 1 is 1.43 bits per heavy atom. The number of carbonyl (C=O) groups excluding carboxylic acids is 2. The maximum Gasteiger partial charge on any atom is 0.314 e. The Balaban J connectivity index is 1.56. The number of carbonyl (C=O) groups is 2. The lowest BCUT2D eigenvalue weighted by atomic mass is 9.97. The normalized spacial score (nSPS) is 26.9. The third kappa shape index (κ3) is 3.51. The number of likely N-dealkylation sites (tertiary alicyclic amines) is 1.